The fourth-order valence-corrected chi connectivity index (χ4v) is 1.87. The normalized spacial score (nSPS) is 10.3. The molecule has 0 saturated heterocycles. The molecule has 0 aromatic heterocycles. The highest BCUT2D eigenvalue weighted by molar-refractivity contribution is 6.30. The summed E-state index contributed by atoms with van der Waals surface area (Å²) in [6, 6.07) is 15.7. The van der Waals surface area contributed by atoms with Gasteiger partial charge in [0.2, 0.25) is 0 Å². The third-order valence-electron chi connectivity index (χ3n) is 2.85. The number of hydrogen-bond acceptors (Lipinski definition) is 3. The van der Waals surface area contributed by atoms with Crippen molar-refractivity contribution in [3.05, 3.63) is 59.1 Å². The largest absolute Gasteiger partial charge is 0.467 e. The zero-order valence-electron chi connectivity index (χ0n) is 11.1. The van der Waals surface area contributed by atoms with E-state index in [9.17, 15) is 4.79 Å². The second-order valence-corrected chi connectivity index (χ2v) is 4.71. The van der Waals surface area contributed by atoms with Crippen molar-refractivity contribution in [3.8, 4) is 11.1 Å². The van der Waals surface area contributed by atoms with E-state index in [2.05, 4.69) is 4.74 Å². The molecule has 0 fully saturated rings. The van der Waals surface area contributed by atoms with Crippen molar-refractivity contribution >= 4 is 17.6 Å². The van der Waals surface area contributed by atoms with E-state index in [1.165, 1.54) is 7.11 Å². The number of hydrogen-bond donors (Lipinski definition) is 0. The average Bonchev–Trinajstić information content (AvgIpc) is 2.48. The van der Waals surface area contributed by atoms with Crippen LogP contribution in [0, 0.1) is 0 Å². The van der Waals surface area contributed by atoms with Gasteiger partial charge in [0.05, 0.1) is 13.7 Å². The molecule has 0 unspecified atom stereocenters. The molecule has 0 aliphatic rings. The molecular weight excluding hydrogens is 276 g/mol. The molecule has 0 spiro atoms. The van der Waals surface area contributed by atoms with Gasteiger partial charge in [0.25, 0.3) is 0 Å². The first-order valence-electron chi connectivity index (χ1n) is 6.18. The van der Waals surface area contributed by atoms with E-state index in [0.29, 0.717) is 6.61 Å². The predicted molar refractivity (Wildman–Crippen MR) is 78.6 cm³/mol. The Morgan fingerprint density at radius 2 is 1.55 bits per heavy atom. The van der Waals surface area contributed by atoms with Gasteiger partial charge in [-0.15, -0.1) is 0 Å². The summed E-state index contributed by atoms with van der Waals surface area (Å²) in [6.07, 6.45) is 0. The zero-order chi connectivity index (χ0) is 14.4. The van der Waals surface area contributed by atoms with Gasteiger partial charge >= 0.3 is 5.97 Å². The Morgan fingerprint density at radius 3 is 2.10 bits per heavy atom. The van der Waals surface area contributed by atoms with Crippen LogP contribution in [0.1, 0.15) is 5.56 Å². The zero-order valence-corrected chi connectivity index (χ0v) is 11.9. The molecule has 20 heavy (non-hydrogen) atoms. The van der Waals surface area contributed by atoms with Crippen LogP contribution in [0.4, 0.5) is 0 Å². The van der Waals surface area contributed by atoms with E-state index in [1.54, 1.807) is 0 Å². The van der Waals surface area contributed by atoms with Gasteiger partial charge in [-0.05, 0) is 28.8 Å². The molecule has 0 heterocycles. The van der Waals surface area contributed by atoms with E-state index >= 15 is 0 Å². The van der Waals surface area contributed by atoms with Gasteiger partial charge in [-0.25, -0.2) is 4.79 Å². The van der Waals surface area contributed by atoms with Crippen molar-refractivity contribution in [1.82, 2.24) is 0 Å². The summed E-state index contributed by atoms with van der Waals surface area (Å²) in [5.41, 5.74) is 3.22. The molecule has 0 saturated carbocycles. The Hall–Kier alpha value is -1.84. The number of halogens is 1. The summed E-state index contributed by atoms with van der Waals surface area (Å²) in [7, 11) is 1.34. The summed E-state index contributed by atoms with van der Waals surface area (Å²) in [4.78, 5) is 10.9. The molecule has 2 rings (SSSR count). The molecular formula is C16H15ClO3. The first kappa shape index (κ1) is 14.6. The lowest BCUT2D eigenvalue weighted by atomic mass is 10.0. The van der Waals surface area contributed by atoms with Crippen LogP contribution < -0.4 is 0 Å². The quantitative estimate of drug-likeness (QED) is 0.788. The first-order chi connectivity index (χ1) is 9.69. The molecule has 0 bridgehead atoms. The van der Waals surface area contributed by atoms with Crippen LogP contribution in [-0.2, 0) is 20.9 Å². The molecule has 0 aliphatic heterocycles. The van der Waals surface area contributed by atoms with Gasteiger partial charge in [0, 0.05) is 5.02 Å². The van der Waals surface area contributed by atoms with Crippen LogP contribution in [0.5, 0.6) is 0 Å². The van der Waals surface area contributed by atoms with Crippen LogP contribution in [0.2, 0.25) is 5.02 Å². The monoisotopic (exact) mass is 290 g/mol. The Bertz CT molecular complexity index is 561. The number of esters is 1. The summed E-state index contributed by atoms with van der Waals surface area (Å²) in [5, 5.41) is 0.724. The van der Waals surface area contributed by atoms with Crippen LogP contribution in [0.25, 0.3) is 11.1 Å². The molecule has 3 nitrogen and oxygen atoms in total. The van der Waals surface area contributed by atoms with E-state index in [-0.39, 0.29) is 12.6 Å². The number of carbonyl (C=O) groups excluding carboxylic acids is 1. The smallest absolute Gasteiger partial charge is 0.331 e. The third-order valence-corrected chi connectivity index (χ3v) is 3.10. The van der Waals surface area contributed by atoms with Gasteiger partial charge in [-0.2, -0.15) is 0 Å². The Balaban J connectivity index is 1.96. The van der Waals surface area contributed by atoms with Crippen molar-refractivity contribution in [1.29, 1.82) is 0 Å². The highest BCUT2D eigenvalue weighted by atomic mass is 35.5. The third kappa shape index (κ3) is 4.08. The molecule has 0 amide bonds. The highest BCUT2D eigenvalue weighted by Gasteiger charge is 2.01. The molecule has 0 radical (unpaired) electrons. The Labute approximate surface area is 123 Å². The topological polar surface area (TPSA) is 35.5 Å². The summed E-state index contributed by atoms with van der Waals surface area (Å²) in [6.45, 7) is 0.353. The Kier molecular flexibility index (Phi) is 5.16. The maximum Gasteiger partial charge on any atom is 0.331 e. The van der Waals surface area contributed by atoms with Crippen molar-refractivity contribution in [3.63, 3.8) is 0 Å². The first-order valence-corrected chi connectivity index (χ1v) is 6.56. The van der Waals surface area contributed by atoms with Crippen molar-refractivity contribution < 1.29 is 14.3 Å². The fourth-order valence-electron chi connectivity index (χ4n) is 1.75. The molecule has 104 valence electrons. The van der Waals surface area contributed by atoms with Gasteiger partial charge < -0.3 is 9.47 Å². The van der Waals surface area contributed by atoms with Gasteiger partial charge in [-0.1, -0.05) is 48.0 Å². The van der Waals surface area contributed by atoms with Gasteiger partial charge in [0.1, 0.15) is 6.61 Å². The molecule has 2 aromatic carbocycles. The number of rotatable bonds is 5. The minimum absolute atomic E-state index is 0.0323. The van der Waals surface area contributed by atoms with Gasteiger partial charge in [-0.3, -0.25) is 0 Å². The number of methoxy groups -OCH3 is 1. The maximum atomic E-state index is 10.9. The summed E-state index contributed by atoms with van der Waals surface area (Å²) in [5.74, 6) is -0.372. The van der Waals surface area contributed by atoms with Crippen molar-refractivity contribution in [2.75, 3.05) is 13.7 Å². The lowest BCUT2D eigenvalue weighted by molar-refractivity contribution is -0.146. The SMILES string of the molecule is COC(=O)COCc1ccc(-c2ccc(Cl)cc2)cc1. The van der Waals surface area contributed by atoms with E-state index < -0.39 is 0 Å². The minimum Gasteiger partial charge on any atom is -0.467 e. The summed E-state index contributed by atoms with van der Waals surface area (Å²) >= 11 is 5.86. The van der Waals surface area contributed by atoms with Crippen LogP contribution in [0.15, 0.2) is 48.5 Å². The molecule has 2 aromatic rings. The predicted octanol–water partition coefficient (Wildman–Crippen LogP) is 3.70. The molecule has 4 heteroatoms. The van der Waals surface area contributed by atoms with E-state index in [4.69, 9.17) is 16.3 Å². The van der Waals surface area contributed by atoms with Gasteiger partial charge in [0.15, 0.2) is 0 Å². The van der Waals surface area contributed by atoms with Crippen LogP contribution >= 0.6 is 11.6 Å². The van der Waals surface area contributed by atoms with Crippen molar-refractivity contribution in [2.24, 2.45) is 0 Å². The molecule has 0 aliphatic carbocycles. The maximum absolute atomic E-state index is 10.9. The van der Waals surface area contributed by atoms with E-state index in [0.717, 1.165) is 21.7 Å². The number of ether oxygens (including phenoxy) is 2. The van der Waals surface area contributed by atoms with E-state index in [1.807, 2.05) is 48.5 Å². The fraction of sp³-hybridized carbons (Fsp3) is 0.188. The lowest BCUT2D eigenvalue weighted by Gasteiger charge is -2.05. The van der Waals surface area contributed by atoms with Crippen LogP contribution in [0.3, 0.4) is 0 Å². The highest BCUT2D eigenvalue weighted by Crippen LogP contribution is 2.22. The Morgan fingerprint density at radius 1 is 1.00 bits per heavy atom. The number of benzene rings is 2. The minimum atomic E-state index is -0.372. The average molecular weight is 291 g/mol. The standard InChI is InChI=1S/C16H15ClO3/c1-19-16(18)11-20-10-12-2-4-13(5-3-12)14-6-8-15(17)9-7-14/h2-9H,10-11H2,1H3. The second kappa shape index (κ2) is 7.08. The molecule has 0 atom stereocenters. The lowest BCUT2D eigenvalue weighted by Crippen LogP contribution is -2.09. The van der Waals surface area contributed by atoms with Crippen molar-refractivity contribution in [2.45, 2.75) is 6.61 Å². The number of carbonyl (C=O) groups is 1. The van der Waals surface area contributed by atoms with Crippen LogP contribution in [-0.4, -0.2) is 19.7 Å². The molecule has 0 N–H and O–H groups in total. The second-order valence-electron chi connectivity index (χ2n) is 4.27. The summed E-state index contributed by atoms with van der Waals surface area (Å²) < 4.78 is 9.74.